The topological polar surface area (TPSA) is 99.7 Å². The van der Waals surface area contributed by atoms with Crippen molar-refractivity contribution < 1.29 is 14.5 Å². The molecule has 0 saturated carbocycles. The Balaban J connectivity index is 1.89. The third-order valence-electron chi connectivity index (χ3n) is 4.60. The number of hydrogen-bond acceptors (Lipinski definition) is 6. The van der Waals surface area contributed by atoms with Crippen LogP contribution in [-0.2, 0) is 9.53 Å². The number of likely N-dealkylation sites (tertiary alicyclic amines) is 1. The first-order valence-electron chi connectivity index (χ1n) is 8.62. The van der Waals surface area contributed by atoms with E-state index in [1.165, 1.54) is 12.1 Å². The Morgan fingerprint density at radius 3 is 2.54 bits per heavy atom. The predicted octanol–water partition coefficient (Wildman–Crippen LogP) is 1.96. The van der Waals surface area contributed by atoms with Gasteiger partial charge in [0.15, 0.2) is 0 Å². The number of morpholine rings is 1. The molecule has 0 atom stereocenters. The van der Waals surface area contributed by atoms with Crippen LogP contribution in [0.3, 0.4) is 0 Å². The molecule has 8 nitrogen and oxygen atoms in total. The number of nitrogens with zero attached hydrogens (tertiary/aromatic N) is 4. The summed E-state index contributed by atoms with van der Waals surface area (Å²) in [5, 5.41) is 20.8. The highest BCUT2D eigenvalue weighted by molar-refractivity contribution is 6.02. The summed E-state index contributed by atoms with van der Waals surface area (Å²) in [7, 11) is 0. The fourth-order valence-corrected chi connectivity index (χ4v) is 3.25. The van der Waals surface area contributed by atoms with Crippen molar-refractivity contribution in [3.63, 3.8) is 0 Å². The highest BCUT2D eigenvalue weighted by Crippen LogP contribution is 2.30. The molecule has 0 N–H and O–H groups in total. The molecule has 0 aromatic heterocycles. The second-order valence-electron chi connectivity index (χ2n) is 6.27. The first kappa shape index (κ1) is 17.9. The zero-order valence-electron chi connectivity index (χ0n) is 14.4. The third-order valence-corrected chi connectivity index (χ3v) is 4.60. The first-order valence-corrected chi connectivity index (χ1v) is 8.62. The third kappa shape index (κ3) is 3.83. The van der Waals surface area contributed by atoms with Gasteiger partial charge in [0.05, 0.1) is 18.1 Å². The lowest BCUT2D eigenvalue weighted by atomic mass is 10.1. The highest BCUT2D eigenvalue weighted by atomic mass is 16.6. The second-order valence-corrected chi connectivity index (χ2v) is 6.27. The minimum absolute atomic E-state index is 0.000297. The van der Waals surface area contributed by atoms with Crippen LogP contribution in [0.4, 0.5) is 11.4 Å². The molecule has 2 aliphatic rings. The van der Waals surface area contributed by atoms with E-state index in [1.807, 2.05) is 11.0 Å². The van der Waals surface area contributed by atoms with Crippen molar-refractivity contribution >= 4 is 23.4 Å². The normalized spacial score (nSPS) is 17.9. The van der Waals surface area contributed by atoms with Gasteiger partial charge in [-0.15, -0.1) is 0 Å². The molecule has 2 aliphatic heterocycles. The Labute approximate surface area is 151 Å². The van der Waals surface area contributed by atoms with Crippen molar-refractivity contribution in [3.8, 4) is 6.07 Å². The number of nitro benzene ring substituents is 1. The van der Waals surface area contributed by atoms with Crippen LogP contribution in [-0.4, -0.2) is 55.1 Å². The van der Waals surface area contributed by atoms with Gasteiger partial charge in [-0.2, -0.15) is 5.26 Å². The van der Waals surface area contributed by atoms with E-state index in [1.54, 1.807) is 17.0 Å². The Morgan fingerprint density at radius 1 is 1.23 bits per heavy atom. The quantitative estimate of drug-likeness (QED) is 0.354. The van der Waals surface area contributed by atoms with Crippen molar-refractivity contribution in [3.05, 3.63) is 39.4 Å². The van der Waals surface area contributed by atoms with Gasteiger partial charge in [0.2, 0.25) is 0 Å². The van der Waals surface area contributed by atoms with Crippen molar-refractivity contribution in [2.45, 2.75) is 12.8 Å². The first-order chi connectivity index (χ1) is 12.6. The molecule has 1 aromatic carbocycles. The maximum Gasteiger partial charge on any atom is 0.293 e. The van der Waals surface area contributed by atoms with Crippen LogP contribution in [0.15, 0.2) is 23.8 Å². The molecule has 2 heterocycles. The average molecular weight is 356 g/mol. The number of ether oxygens (including phenoxy) is 1. The van der Waals surface area contributed by atoms with E-state index in [-0.39, 0.29) is 17.2 Å². The molecule has 136 valence electrons. The highest BCUT2D eigenvalue weighted by Gasteiger charge is 2.24. The summed E-state index contributed by atoms with van der Waals surface area (Å²) in [6, 6.07) is 6.72. The zero-order valence-corrected chi connectivity index (χ0v) is 14.4. The van der Waals surface area contributed by atoms with Gasteiger partial charge in [0, 0.05) is 32.2 Å². The van der Waals surface area contributed by atoms with E-state index in [2.05, 4.69) is 0 Å². The molecular formula is C18H20N4O4. The van der Waals surface area contributed by atoms with Crippen molar-refractivity contribution in [1.29, 1.82) is 5.26 Å². The van der Waals surface area contributed by atoms with Gasteiger partial charge < -0.3 is 14.5 Å². The predicted molar refractivity (Wildman–Crippen MR) is 95.5 cm³/mol. The van der Waals surface area contributed by atoms with Gasteiger partial charge in [-0.1, -0.05) is 6.07 Å². The van der Waals surface area contributed by atoms with Gasteiger partial charge in [0.1, 0.15) is 17.3 Å². The minimum Gasteiger partial charge on any atom is -0.378 e. The monoisotopic (exact) mass is 356 g/mol. The number of benzene rings is 1. The molecule has 0 radical (unpaired) electrons. The van der Waals surface area contributed by atoms with Crippen LogP contribution in [0.25, 0.3) is 6.08 Å². The van der Waals surface area contributed by atoms with Gasteiger partial charge >= 0.3 is 0 Å². The Kier molecular flexibility index (Phi) is 5.49. The number of amides is 1. The molecule has 3 rings (SSSR count). The van der Waals surface area contributed by atoms with E-state index in [0.717, 1.165) is 12.8 Å². The van der Waals surface area contributed by atoms with E-state index in [9.17, 15) is 20.2 Å². The molecule has 0 unspecified atom stereocenters. The van der Waals surface area contributed by atoms with Crippen LogP contribution in [0.1, 0.15) is 18.4 Å². The summed E-state index contributed by atoms with van der Waals surface area (Å²) >= 11 is 0. The van der Waals surface area contributed by atoms with E-state index in [4.69, 9.17) is 4.74 Å². The lowest BCUT2D eigenvalue weighted by Gasteiger charge is -2.28. The fourth-order valence-electron chi connectivity index (χ4n) is 3.25. The molecule has 0 aliphatic carbocycles. The molecular weight excluding hydrogens is 336 g/mol. The lowest BCUT2D eigenvalue weighted by molar-refractivity contribution is -0.384. The zero-order chi connectivity index (χ0) is 18.5. The summed E-state index contributed by atoms with van der Waals surface area (Å²) in [5.41, 5.74) is 0.963. The summed E-state index contributed by atoms with van der Waals surface area (Å²) in [5.74, 6) is -0.315. The average Bonchev–Trinajstić information content (AvgIpc) is 3.21. The SMILES string of the molecule is N#C/C(=C\c1ccc(N2CCOCC2)c([N+](=O)[O-])c1)C(=O)N1CCCC1. The molecule has 1 amide bonds. The van der Waals surface area contributed by atoms with Crippen molar-refractivity contribution in [1.82, 2.24) is 4.90 Å². The molecule has 0 spiro atoms. The Hall–Kier alpha value is -2.92. The number of nitro groups is 1. The maximum atomic E-state index is 12.4. The molecule has 8 heteroatoms. The molecule has 2 saturated heterocycles. The number of nitriles is 1. The molecule has 2 fully saturated rings. The largest absolute Gasteiger partial charge is 0.378 e. The number of hydrogen-bond donors (Lipinski definition) is 0. The summed E-state index contributed by atoms with van der Waals surface area (Å²) < 4.78 is 5.29. The van der Waals surface area contributed by atoms with Gasteiger partial charge in [-0.25, -0.2) is 0 Å². The van der Waals surface area contributed by atoms with Crippen LogP contribution in [0.5, 0.6) is 0 Å². The van der Waals surface area contributed by atoms with E-state index < -0.39 is 4.92 Å². The summed E-state index contributed by atoms with van der Waals surface area (Å²) in [6.07, 6.45) is 3.30. The van der Waals surface area contributed by atoms with Crippen molar-refractivity contribution in [2.75, 3.05) is 44.3 Å². The Bertz CT molecular complexity index is 772. The van der Waals surface area contributed by atoms with Crippen LogP contribution >= 0.6 is 0 Å². The Morgan fingerprint density at radius 2 is 1.92 bits per heavy atom. The number of carbonyl (C=O) groups excluding carboxylic acids is 1. The molecule has 26 heavy (non-hydrogen) atoms. The van der Waals surface area contributed by atoms with E-state index >= 15 is 0 Å². The van der Waals surface area contributed by atoms with E-state index in [0.29, 0.717) is 50.6 Å². The number of anilines is 1. The number of rotatable bonds is 4. The van der Waals surface area contributed by atoms with Crippen LogP contribution in [0.2, 0.25) is 0 Å². The van der Waals surface area contributed by atoms with Crippen LogP contribution < -0.4 is 4.90 Å². The van der Waals surface area contributed by atoms with Gasteiger partial charge in [-0.05, 0) is 30.5 Å². The second kappa shape index (κ2) is 7.97. The standard InChI is InChI=1S/C18H20N4O4/c19-13-15(18(23)21-5-1-2-6-21)11-14-3-4-16(17(12-14)22(24)25)20-7-9-26-10-8-20/h3-4,11-12H,1-2,5-10H2/b15-11+. The smallest absolute Gasteiger partial charge is 0.293 e. The van der Waals surface area contributed by atoms with Crippen LogP contribution in [0, 0.1) is 21.4 Å². The fraction of sp³-hybridized carbons (Fsp3) is 0.444. The number of carbonyl (C=O) groups is 1. The summed E-state index contributed by atoms with van der Waals surface area (Å²) in [6.45, 7) is 3.53. The molecule has 1 aromatic rings. The van der Waals surface area contributed by atoms with Gasteiger partial charge in [-0.3, -0.25) is 14.9 Å². The van der Waals surface area contributed by atoms with Gasteiger partial charge in [0.25, 0.3) is 11.6 Å². The minimum atomic E-state index is -0.434. The maximum absolute atomic E-state index is 12.4. The lowest BCUT2D eigenvalue weighted by Crippen LogP contribution is -2.36. The van der Waals surface area contributed by atoms with Crippen molar-refractivity contribution in [2.24, 2.45) is 0 Å². The summed E-state index contributed by atoms with van der Waals surface area (Å²) in [4.78, 5) is 27.0. The molecule has 0 bridgehead atoms.